The van der Waals surface area contributed by atoms with Crippen LogP contribution in [0.4, 0.5) is 0 Å². The minimum Gasteiger partial charge on any atom is -0.464 e. The molecule has 0 bridgehead atoms. The molecule has 0 aliphatic carbocycles. The van der Waals surface area contributed by atoms with E-state index in [-0.39, 0.29) is 18.6 Å². The number of H-pyrrole nitrogens is 1. The number of amides is 1. The van der Waals surface area contributed by atoms with Crippen LogP contribution in [0.15, 0.2) is 65.5 Å². The summed E-state index contributed by atoms with van der Waals surface area (Å²) in [5.74, 6) is -1.24. The number of hydrogen-bond acceptors (Lipinski definition) is 5. The second-order valence-corrected chi connectivity index (χ2v) is 7.13. The van der Waals surface area contributed by atoms with Crippen LogP contribution in [0.25, 0.3) is 5.69 Å². The number of nitrogens with zero attached hydrogens (tertiary/aromatic N) is 1. The fourth-order valence-corrected chi connectivity index (χ4v) is 3.22. The monoisotopic (exact) mass is 423 g/mol. The standard InChI is InChI=1S/C23H25N3O5/c1-3-31-23(30)21(28)19(14-16-7-5-4-6-8-16)24-22(29)17-9-11-18(12-10-17)26-20(27)13-15(2)25-26/h4-13,19,21,25,28H,3,14H2,1-2H3,(H,24,29). The van der Waals surface area contributed by atoms with Crippen LogP contribution in [0, 0.1) is 6.92 Å². The van der Waals surface area contributed by atoms with E-state index in [1.165, 1.54) is 10.7 Å². The van der Waals surface area contributed by atoms with E-state index in [1.54, 1.807) is 38.1 Å². The molecule has 3 N–H and O–H groups in total. The molecule has 0 radical (unpaired) electrons. The van der Waals surface area contributed by atoms with Crippen LogP contribution in [0.1, 0.15) is 28.5 Å². The summed E-state index contributed by atoms with van der Waals surface area (Å²) in [4.78, 5) is 36.8. The molecule has 0 saturated carbocycles. The molecule has 3 aromatic rings. The van der Waals surface area contributed by atoms with Crippen molar-refractivity contribution in [3.63, 3.8) is 0 Å². The van der Waals surface area contributed by atoms with Crippen molar-refractivity contribution in [3.8, 4) is 5.69 Å². The van der Waals surface area contributed by atoms with Crippen molar-refractivity contribution in [1.29, 1.82) is 0 Å². The molecule has 1 amide bonds. The van der Waals surface area contributed by atoms with Gasteiger partial charge in [-0.2, -0.15) is 0 Å². The normalized spacial score (nSPS) is 12.7. The van der Waals surface area contributed by atoms with Crippen LogP contribution >= 0.6 is 0 Å². The Balaban J connectivity index is 1.78. The van der Waals surface area contributed by atoms with E-state index in [2.05, 4.69) is 10.4 Å². The van der Waals surface area contributed by atoms with E-state index >= 15 is 0 Å². The number of aliphatic hydroxyl groups excluding tert-OH is 1. The first-order chi connectivity index (χ1) is 14.9. The van der Waals surface area contributed by atoms with Crippen LogP contribution in [0.2, 0.25) is 0 Å². The van der Waals surface area contributed by atoms with Crippen molar-refractivity contribution in [1.82, 2.24) is 15.1 Å². The van der Waals surface area contributed by atoms with Crippen LogP contribution in [0.5, 0.6) is 0 Å². The number of benzene rings is 2. The van der Waals surface area contributed by atoms with Gasteiger partial charge in [0.25, 0.3) is 11.5 Å². The van der Waals surface area contributed by atoms with Gasteiger partial charge in [0, 0.05) is 17.3 Å². The maximum absolute atomic E-state index is 12.8. The highest BCUT2D eigenvalue weighted by Gasteiger charge is 2.29. The summed E-state index contributed by atoms with van der Waals surface area (Å²) in [6.45, 7) is 3.55. The Morgan fingerprint density at radius 2 is 1.81 bits per heavy atom. The summed E-state index contributed by atoms with van der Waals surface area (Å²) in [6.07, 6.45) is -1.26. The number of aliphatic hydroxyl groups is 1. The molecule has 3 rings (SSSR count). The zero-order valence-electron chi connectivity index (χ0n) is 17.4. The molecule has 0 aliphatic rings. The molecule has 2 atom stereocenters. The molecule has 2 aromatic carbocycles. The highest BCUT2D eigenvalue weighted by atomic mass is 16.5. The fraction of sp³-hybridized carbons (Fsp3) is 0.261. The fourth-order valence-electron chi connectivity index (χ4n) is 3.22. The number of aromatic amines is 1. The second kappa shape index (κ2) is 9.90. The lowest BCUT2D eigenvalue weighted by Gasteiger charge is -2.23. The number of aryl methyl sites for hydroxylation is 1. The molecule has 1 heterocycles. The average molecular weight is 423 g/mol. The van der Waals surface area contributed by atoms with Gasteiger partial charge in [0.05, 0.1) is 18.3 Å². The van der Waals surface area contributed by atoms with Gasteiger partial charge in [-0.25, -0.2) is 9.48 Å². The van der Waals surface area contributed by atoms with E-state index < -0.39 is 24.0 Å². The van der Waals surface area contributed by atoms with Crippen molar-refractivity contribution in [2.45, 2.75) is 32.4 Å². The number of hydrogen-bond donors (Lipinski definition) is 3. The summed E-state index contributed by atoms with van der Waals surface area (Å²) in [7, 11) is 0. The summed E-state index contributed by atoms with van der Waals surface area (Å²) in [5, 5.41) is 16.1. The Morgan fingerprint density at radius 3 is 2.39 bits per heavy atom. The van der Waals surface area contributed by atoms with Gasteiger partial charge in [0.1, 0.15) is 0 Å². The summed E-state index contributed by atoms with van der Waals surface area (Å²) in [5.41, 5.74) is 2.29. The minimum absolute atomic E-state index is 0.126. The summed E-state index contributed by atoms with van der Waals surface area (Å²) in [6, 6.07) is 16.3. The lowest BCUT2D eigenvalue weighted by molar-refractivity contribution is -0.154. The number of rotatable bonds is 8. The molecule has 31 heavy (non-hydrogen) atoms. The van der Waals surface area contributed by atoms with Crippen LogP contribution < -0.4 is 10.9 Å². The maximum Gasteiger partial charge on any atom is 0.337 e. The van der Waals surface area contributed by atoms with Crippen LogP contribution in [-0.4, -0.2) is 45.5 Å². The van der Waals surface area contributed by atoms with Gasteiger partial charge in [-0.15, -0.1) is 0 Å². The Morgan fingerprint density at radius 1 is 1.13 bits per heavy atom. The molecule has 162 valence electrons. The third-order valence-corrected chi connectivity index (χ3v) is 4.76. The lowest BCUT2D eigenvalue weighted by Crippen LogP contribution is -2.48. The molecule has 0 fully saturated rings. The number of ether oxygens (including phenoxy) is 1. The third kappa shape index (κ3) is 5.49. The number of carbonyl (C=O) groups is 2. The largest absolute Gasteiger partial charge is 0.464 e. The summed E-state index contributed by atoms with van der Waals surface area (Å²) >= 11 is 0. The quantitative estimate of drug-likeness (QED) is 0.478. The van der Waals surface area contributed by atoms with E-state index in [0.717, 1.165) is 11.3 Å². The molecule has 2 unspecified atom stereocenters. The molecule has 8 heteroatoms. The van der Waals surface area contributed by atoms with Crippen molar-refractivity contribution in [2.75, 3.05) is 6.61 Å². The van der Waals surface area contributed by atoms with Crippen LogP contribution in [0.3, 0.4) is 0 Å². The van der Waals surface area contributed by atoms with Crippen molar-refractivity contribution in [2.24, 2.45) is 0 Å². The highest BCUT2D eigenvalue weighted by molar-refractivity contribution is 5.95. The topological polar surface area (TPSA) is 113 Å². The second-order valence-electron chi connectivity index (χ2n) is 7.13. The molecule has 8 nitrogen and oxygen atoms in total. The van der Waals surface area contributed by atoms with Crippen LogP contribution in [-0.2, 0) is 16.0 Å². The zero-order valence-corrected chi connectivity index (χ0v) is 17.4. The Hall–Kier alpha value is -3.65. The first-order valence-corrected chi connectivity index (χ1v) is 9.97. The van der Waals surface area contributed by atoms with Crippen molar-refractivity contribution < 1.29 is 19.4 Å². The Kier molecular flexibility index (Phi) is 7.04. The Bertz CT molecular complexity index is 1090. The van der Waals surface area contributed by atoms with Crippen molar-refractivity contribution in [3.05, 3.63) is 87.8 Å². The van der Waals surface area contributed by atoms with Gasteiger partial charge < -0.3 is 15.2 Å². The van der Waals surface area contributed by atoms with E-state index in [0.29, 0.717) is 11.3 Å². The van der Waals surface area contributed by atoms with E-state index in [1.807, 2.05) is 30.3 Å². The predicted molar refractivity (Wildman–Crippen MR) is 115 cm³/mol. The number of carbonyl (C=O) groups excluding carboxylic acids is 2. The maximum atomic E-state index is 12.8. The van der Waals surface area contributed by atoms with Gasteiger partial charge in [0.2, 0.25) is 0 Å². The molecule has 0 spiro atoms. The van der Waals surface area contributed by atoms with Gasteiger partial charge >= 0.3 is 5.97 Å². The number of nitrogens with one attached hydrogen (secondary N) is 2. The molecule has 1 aromatic heterocycles. The first kappa shape index (κ1) is 22.0. The number of esters is 1. The van der Waals surface area contributed by atoms with Gasteiger partial charge in [-0.3, -0.25) is 14.7 Å². The number of aromatic nitrogens is 2. The highest BCUT2D eigenvalue weighted by Crippen LogP contribution is 2.11. The minimum atomic E-state index is -1.51. The average Bonchev–Trinajstić information content (AvgIpc) is 3.11. The van der Waals surface area contributed by atoms with Gasteiger partial charge in [0.15, 0.2) is 6.10 Å². The van der Waals surface area contributed by atoms with E-state index in [9.17, 15) is 19.5 Å². The smallest absolute Gasteiger partial charge is 0.337 e. The van der Waals surface area contributed by atoms with E-state index in [4.69, 9.17) is 4.74 Å². The Labute approximate surface area is 179 Å². The van der Waals surface area contributed by atoms with Gasteiger partial charge in [-0.05, 0) is 50.1 Å². The molecule has 0 aliphatic heterocycles. The van der Waals surface area contributed by atoms with Crippen molar-refractivity contribution >= 4 is 11.9 Å². The SMILES string of the molecule is CCOC(=O)C(O)C(Cc1ccccc1)NC(=O)c1ccc(-n2[nH]c(C)cc2=O)cc1. The molecular formula is C23H25N3O5. The summed E-state index contributed by atoms with van der Waals surface area (Å²) < 4.78 is 6.29. The molecular weight excluding hydrogens is 398 g/mol. The predicted octanol–water partition coefficient (Wildman–Crippen LogP) is 1.74. The van der Waals surface area contributed by atoms with Gasteiger partial charge in [-0.1, -0.05) is 30.3 Å². The lowest BCUT2D eigenvalue weighted by atomic mass is 10.0. The molecule has 0 saturated heterocycles. The zero-order chi connectivity index (χ0) is 22.4. The first-order valence-electron chi connectivity index (χ1n) is 9.97. The third-order valence-electron chi connectivity index (χ3n) is 4.76.